The second-order valence-corrected chi connectivity index (χ2v) is 8.51. The van der Waals surface area contributed by atoms with Gasteiger partial charge in [-0.1, -0.05) is 44.2 Å². The molecule has 0 bridgehead atoms. The first kappa shape index (κ1) is 20.1. The summed E-state index contributed by atoms with van der Waals surface area (Å²) in [4.78, 5) is 47.4. The number of carbonyl (C=O) groups excluding carboxylic acids is 2. The van der Waals surface area contributed by atoms with E-state index in [4.69, 9.17) is 0 Å². The van der Waals surface area contributed by atoms with Crippen LogP contribution in [-0.4, -0.2) is 34.9 Å². The first-order valence-electron chi connectivity index (χ1n) is 10.4. The molecule has 2 aliphatic heterocycles. The summed E-state index contributed by atoms with van der Waals surface area (Å²) >= 11 is 0. The number of aromatic nitrogens is 2. The number of benzene rings is 1. The number of piperidine rings is 1. The average Bonchev–Trinajstić information content (AvgIpc) is 2.71. The summed E-state index contributed by atoms with van der Waals surface area (Å²) in [5.74, 6) is 0.0879. The van der Waals surface area contributed by atoms with Crippen molar-refractivity contribution in [2.75, 3.05) is 23.3 Å². The maximum absolute atomic E-state index is 12.9. The van der Waals surface area contributed by atoms with Gasteiger partial charge in [-0.15, -0.1) is 0 Å². The summed E-state index contributed by atoms with van der Waals surface area (Å²) in [6.45, 7) is 6.27. The first-order chi connectivity index (χ1) is 14.4. The topological polar surface area (TPSA) is 107 Å². The Morgan fingerprint density at radius 3 is 2.57 bits per heavy atom. The standard InChI is InChI=1S/C22H27N5O3/c1-13-8-14(2)12-27(11-13)22-25-19-18(21(30)26-22)16(9-17(28)24-19)20(29)23-10-15-6-4-3-5-7-15/h3-7,13-14,16H,8-12H2,1-2H3,(H,23,29)(H2,24,25,26,28,30). The quantitative estimate of drug-likeness (QED) is 0.716. The molecule has 4 rings (SSSR count). The number of anilines is 2. The van der Waals surface area contributed by atoms with E-state index in [-0.39, 0.29) is 35.2 Å². The van der Waals surface area contributed by atoms with Gasteiger partial charge >= 0.3 is 0 Å². The molecule has 3 N–H and O–H groups in total. The Balaban J connectivity index is 1.59. The van der Waals surface area contributed by atoms with Crippen LogP contribution in [-0.2, 0) is 16.1 Å². The zero-order valence-corrected chi connectivity index (χ0v) is 17.3. The molecule has 3 unspecified atom stereocenters. The number of fused-ring (bicyclic) bond motifs is 1. The van der Waals surface area contributed by atoms with Gasteiger partial charge in [0.2, 0.25) is 17.8 Å². The third-order valence-corrected chi connectivity index (χ3v) is 5.73. The third-order valence-electron chi connectivity index (χ3n) is 5.73. The molecule has 1 fully saturated rings. The van der Waals surface area contributed by atoms with Crippen LogP contribution in [0.4, 0.5) is 11.8 Å². The summed E-state index contributed by atoms with van der Waals surface area (Å²) in [5.41, 5.74) is 0.796. The summed E-state index contributed by atoms with van der Waals surface area (Å²) in [6, 6.07) is 9.50. The lowest BCUT2D eigenvalue weighted by atomic mass is 9.91. The highest BCUT2D eigenvalue weighted by atomic mass is 16.2. The van der Waals surface area contributed by atoms with E-state index >= 15 is 0 Å². The van der Waals surface area contributed by atoms with Crippen molar-refractivity contribution in [3.63, 3.8) is 0 Å². The number of amides is 2. The van der Waals surface area contributed by atoms with Crippen molar-refractivity contribution < 1.29 is 9.59 Å². The number of H-pyrrole nitrogens is 1. The smallest absolute Gasteiger partial charge is 0.258 e. The van der Waals surface area contributed by atoms with Gasteiger partial charge in [0, 0.05) is 26.1 Å². The number of hydrogen-bond acceptors (Lipinski definition) is 5. The molecule has 1 saturated heterocycles. The fraction of sp³-hybridized carbons (Fsp3) is 0.455. The number of carbonyl (C=O) groups is 2. The maximum Gasteiger partial charge on any atom is 0.258 e. The molecule has 30 heavy (non-hydrogen) atoms. The van der Waals surface area contributed by atoms with Gasteiger partial charge in [-0.2, -0.15) is 4.98 Å². The van der Waals surface area contributed by atoms with Crippen LogP contribution in [0.2, 0.25) is 0 Å². The van der Waals surface area contributed by atoms with Crippen LogP contribution >= 0.6 is 0 Å². The van der Waals surface area contributed by atoms with Crippen LogP contribution in [0.15, 0.2) is 35.1 Å². The van der Waals surface area contributed by atoms with Gasteiger partial charge in [-0.3, -0.25) is 19.4 Å². The molecule has 0 saturated carbocycles. The van der Waals surface area contributed by atoms with E-state index in [0.29, 0.717) is 24.3 Å². The average molecular weight is 409 g/mol. The van der Waals surface area contributed by atoms with Gasteiger partial charge in [0.15, 0.2) is 0 Å². The molecular weight excluding hydrogens is 382 g/mol. The molecule has 1 aromatic heterocycles. The predicted molar refractivity (Wildman–Crippen MR) is 114 cm³/mol. The number of rotatable bonds is 4. The zero-order valence-electron chi connectivity index (χ0n) is 17.3. The Morgan fingerprint density at radius 1 is 1.17 bits per heavy atom. The van der Waals surface area contributed by atoms with E-state index in [0.717, 1.165) is 25.1 Å². The van der Waals surface area contributed by atoms with Gasteiger partial charge in [0.25, 0.3) is 5.56 Å². The zero-order chi connectivity index (χ0) is 21.3. The Labute approximate surface area is 175 Å². The fourth-order valence-corrected chi connectivity index (χ4v) is 4.48. The summed E-state index contributed by atoms with van der Waals surface area (Å²) in [7, 11) is 0. The SMILES string of the molecule is CC1CC(C)CN(c2nc3c(c(=O)[nH]2)C(C(=O)NCc2ccccc2)CC(=O)N3)C1. The summed E-state index contributed by atoms with van der Waals surface area (Å²) in [6.07, 6.45) is 1.06. The van der Waals surface area contributed by atoms with Crippen molar-refractivity contribution in [1.82, 2.24) is 15.3 Å². The third kappa shape index (κ3) is 4.22. The number of aromatic amines is 1. The van der Waals surface area contributed by atoms with Crippen molar-refractivity contribution in [2.24, 2.45) is 11.8 Å². The molecular formula is C22H27N5O3. The van der Waals surface area contributed by atoms with E-state index in [1.165, 1.54) is 0 Å². The highest BCUT2D eigenvalue weighted by Crippen LogP contribution is 2.30. The molecule has 158 valence electrons. The minimum Gasteiger partial charge on any atom is -0.351 e. The Hall–Kier alpha value is -3.16. The van der Waals surface area contributed by atoms with Crippen LogP contribution in [0, 0.1) is 11.8 Å². The Bertz CT molecular complexity index is 994. The predicted octanol–water partition coefficient (Wildman–Crippen LogP) is 1.99. The largest absolute Gasteiger partial charge is 0.351 e. The van der Waals surface area contributed by atoms with Crippen molar-refractivity contribution in [3.05, 3.63) is 51.8 Å². The van der Waals surface area contributed by atoms with Crippen LogP contribution < -0.4 is 21.1 Å². The molecule has 0 aliphatic carbocycles. The summed E-state index contributed by atoms with van der Waals surface area (Å²) < 4.78 is 0. The summed E-state index contributed by atoms with van der Waals surface area (Å²) in [5, 5.41) is 5.52. The highest BCUT2D eigenvalue weighted by molar-refractivity contribution is 6.00. The molecule has 3 atom stereocenters. The molecule has 0 spiro atoms. The first-order valence-corrected chi connectivity index (χ1v) is 10.4. The van der Waals surface area contributed by atoms with Crippen molar-refractivity contribution in [2.45, 2.75) is 39.2 Å². The molecule has 2 aromatic rings. The van der Waals surface area contributed by atoms with E-state index in [9.17, 15) is 14.4 Å². The molecule has 8 heteroatoms. The Morgan fingerprint density at radius 2 is 1.87 bits per heavy atom. The van der Waals surface area contributed by atoms with Crippen molar-refractivity contribution in [1.29, 1.82) is 0 Å². The van der Waals surface area contributed by atoms with Crippen LogP contribution in [0.25, 0.3) is 0 Å². The van der Waals surface area contributed by atoms with E-state index in [1.807, 2.05) is 35.2 Å². The molecule has 2 aliphatic rings. The van der Waals surface area contributed by atoms with Crippen molar-refractivity contribution in [3.8, 4) is 0 Å². The van der Waals surface area contributed by atoms with E-state index < -0.39 is 5.92 Å². The van der Waals surface area contributed by atoms with Gasteiger partial charge < -0.3 is 15.5 Å². The highest BCUT2D eigenvalue weighted by Gasteiger charge is 2.35. The minimum absolute atomic E-state index is 0.0739. The van der Waals surface area contributed by atoms with Gasteiger partial charge in [0.05, 0.1) is 11.5 Å². The second kappa shape index (κ2) is 8.30. The maximum atomic E-state index is 12.9. The normalized spacial score (nSPS) is 23.5. The lowest BCUT2D eigenvalue weighted by Crippen LogP contribution is -2.43. The van der Waals surface area contributed by atoms with Crippen LogP contribution in [0.5, 0.6) is 0 Å². The molecule has 0 radical (unpaired) electrons. The van der Waals surface area contributed by atoms with Crippen LogP contribution in [0.3, 0.4) is 0 Å². The van der Waals surface area contributed by atoms with E-state index in [2.05, 4.69) is 34.4 Å². The lowest BCUT2D eigenvalue weighted by molar-refractivity contribution is -0.126. The Kier molecular flexibility index (Phi) is 5.57. The van der Waals surface area contributed by atoms with Crippen LogP contribution in [0.1, 0.15) is 43.7 Å². The van der Waals surface area contributed by atoms with Gasteiger partial charge in [-0.25, -0.2) is 0 Å². The number of nitrogens with one attached hydrogen (secondary N) is 3. The number of hydrogen-bond donors (Lipinski definition) is 3. The number of nitrogens with zero attached hydrogens (tertiary/aromatic N) is 2. The lowest BCUT2D eigenvalue weighted by Gasteiger charge is -2.35. The fourth-order valence-electron chi connectivity index (χ4n) is 4.48. The van der Waals surface area contributed by atoms with Crippen molar-refractivity contribution >= 4 is 23.6 Å². The molecule has 1 aromatic carbocycles. The minimum atomic E-state index is -0.859. The van der Waals surface area contributed by atoms with E-state index in [1.54, 1.807) is 0 Å². The molecule has 3 heterocycles. The molecule has 8 nitrogen and oxygen atoms in total. The van der Waals surface area contributed by atoms with Gasteiger partial charge in [-0.05, 0) is 23.8 Å². The van der Waals surface area contributed by atoms with Gasteiger partial charge in [0.1, 0.15) is 5.82 Å². The molecule has 2 amide bonds. The monoisotopic (exact) mass is 409 g/mol. The second-order valence-electron chi connectivity index (χ2n) is 8.51.